The third kappa shape index (κ3) is 3.29. The largest absolute Gasteiger partial charge is 0.322 e. The minimum absolute atomic E-state index is 0.0321. The van der Waals surface area contributed by atoms with E-state index in [0.717, 1.165) is 31.6 Å². The molecule has 5 nitrogen and oxygen atoms in total. The maximum atomic E-state index is 12.1. The fourth-order valence-electron chi connectivity index (χ4n) is 2.44. The third-order valence-corrected chi connectivity index (χ3v) is 3.76. The molecule has 1 amide bonds. The summed E-state index contributed by atoms with van der Waals surface area (Å²) in [4.78, 5) is 20.7. The highest BCUT2D eigenvalue weighted by molar-refractivity contribution is 5.94. The molecule has 1 aliphatic carbocycles. The standard InChI is InChI=1S/C14H20N4O/c19-14(12-4-2-1-3-7-15-12)18-11-8-16-13(17-9-11)10-5-6-10/h8-10,12,15H,1-7H2,(H,18,19)/t12-/m1/s1. The number of carbonyl (C=O) groups excluding carboxylic acids is 1. The fourth-order valence-corrected chi connectivity index (χ4v) is 2.44. The van der Waals surface area contributed by atoms with Crippen LogP contribution in [-0.2, 0) is 4.79 Å². The van der Waals surface area contributed by atoms with Crippen molar-refractivity contribution >= 4 is 11.6 Å². The van der Waals surface area contributed by atoms with Crippen LogP contribution in [0.15, 0.2) is 12.4 Å². The normalized spacial score (nSPS) is 23.7. The molecule has 2 N–H and O–H groups in total. The average Bonchev–Trinajstić information content (AvgIpc) is 3.26. The SMILES string of the molecule is O=C(Nc1cnc(C2CC2)nc1)[C@H]1CCCCCN1. The molecule has 1 saturated heterocycles. The number of amides is 1. The molecule has 19 heavy (non-hydrogen) atoms. The quantitative estimate of drug-likeness (QED) is 0.870. The number of aromatic nitrogens is 2. The van der Waals surface area contributed by atoms with E-state index in [1.54, 1.807) is 12.4 Å². The van der Waals surface area contributed by atoms with Gasteiger partial charge in [-0.3, -0.25) is 4.79 Å². The Morgan fingerprint density at radius 3 is 2.68 bits per heavy atom. The summed E-state index contributed by atoms with van der Waals surface area (Å²) >= 11 is 0. The zero-order valence-corrected chi connectivity index (χ0v) is 11.1. The molecule has 102 valence electrons. The van der Waals surface area contributed by atoms with Gasteiger partial charge in [0.05, 0.1) is 24.1 Å². The monoisotopic (exact) mass is 260 g/mol. The van der Waals surface area contributed by atoms with Crippen LogP contribution in [0.1, 0.15) is 50.3 Å². The average molecular weight is 260 g/mol. The summed E-state index contributed by atoms with van der Waals surface area (Å²) in [7, 11) is 0. The molecule has 1 aromatic rings. The van der Waals surface area contributed by atoms with E-state index in [0.29, 0.717) is 11.6 Å². The van der Waals surface area contributed by atoms with Gasteiger partial charge in [-0.1, -0.05) is 12.8 Å². The Hall–Kier alpha value is -1.49. The van der Waals surface area contributed by atoms with E-state index < -0.39 is 0 Å². The summed E-state index contributed by atoms with van der Waals surface area (Å²) in [5.74, 6) is 1.49. The van der Waals surface area contributed by atoms with Gasteiger partial charge in [-0.2, -0.15) is 0 Å². The zero-order chi connectivity index (χ0) is 13.1. The van der Waals surface area contributed by atoms with Crippen molar-refractivity contribution in [1.82, 2.24) is 15.3 Å². The molecule has 2 aliphatic rings. The first-order valence-corrected chi connectivity index (χ1v) is 7.19. The van der Waals surface area contributed by atoms with Crippen LogP contribution in [0.5, 0.6) is 0 Å². The summed E-state index contributed by atoms with van der Waals surface area (Å²) in [6, 6.07) is -0.0781. The summed E-state index contributed by atoms with van der Waals surface area (Å²) in [6.45, 7) is 0.926. The van der Waals surface area contributed by atoms with E-state index in [9.17, 15) is 4.79 Å². The Kier molecular flexibility index (Phi) is 3.73. The predicted octanol–water partition coefficient (Wildman–Crippen LogP) is 1.82. The molecule has 1 aliphatic heterocycles. The van der Waals surface area contributed by atoms with Gasteiger partial charge < -0.3 is 10.6 Å². The van der Waals surface area contributed by atoms with E-state index in [-0.39, 0.29) is 11.9 Å². The Morgan fingerprint density at radius 1 is 1.16 bits per heavy atom. The van der Waals surface area contributed by atoms with Gasteiger partial charge in [-0.05, 0) is 32.2 Å². The molecule has 0 unspecified atom stereocenters. The Labute approximate surface area is 113 Å². The Balaban J connectivity index is 1.58. The number of rotatable bonds is 3. The number of nitrogens with zero attached hydrogens (tertiary/aromatic N) is 2. The van der Waals surface area contributed by atoms with Crippen molar-refractivity contribution in [3.05, 3.63) is 18.2 Å². The minimum atomic E-state index is -0.0781. The van der Waals surface area contributed by atoms with Crippen molar-refractivity contribution in [2.24, 2.45) is 0 Å². The highest BCUT2D eigenvalue weighted by atomic mass is 16.2. The van der Waals surface area contributed by atoms with Crippen LogP contribution in [0.25, 0.3) is 0 Å². The van der Waals surface area contributed by atoms with Gasteiger partial charge >= 0.3 is 0 Å². The van der Waals surface area contributed by atoms with Gasteiger partial charge in [0.25, 0.3) is 0 Å². The van der Waals surface area contributed by atoms with Gasteiger partial charge in [0.1, 0.15) is 5.82 Å². The topological polar surface area (TPSA) is 66.9 Å². The number of nitrogens with one attached hydrogen (secondary N) is 2. The van der Waals surface area contributed by atoms with E-state index in [2.05, 4.69) is 20.6 Å². The summed E-state index contributed by atoms with van der Waals surface area (Å²) in [5.41, 5.74) is 0.695. The lowest BCUT2D eigenvalue weighted by Gasteiger charge is -2.15. The molecule has 0 radical (unpaired) electrons. The van der Waals surface area contributed by atoms with E-state index in [1.807, 2.05) is 0 Å². The molecule has 1 saturated carbocycles. The fraction of sp³-hybridized carbons (Fsp3) is 0.643. The van der Waals surface area contributed by atoms with Gasteiger partial charge in [0.15, 0.2) is 0 Å². The van der Waals surface area contributed by atoms with Gasteiger partial charge in [-0.25, -0.2) is 9.97 Å². The van der Waals surface area contributed by atoms with Gasteiger partial charge in [0, 0.05) is 5.92 Å². The van der Waals surface area contributed by atoms with Crippen LogP contribution in [0.3, 0.4) is 0 Å². The predicted molar refractivity (Wildman–Crippen MR) is 72.9 cm³/mol. The summed E-state index contributed by atoms with van der Waals surface area (Å²) < 4.78 is 0. The van der Waals surface area contributed by atoms with Gasteiger partial charge in [-0.15, -0.1) is 0 Å². The molecular formula is C14H20N4O. The molecule has 0 spiro atoms. The maximum absolute atomic E-state index is 12.1. The van der Waals surface area contributed by atoms with Crippen molar-refractivity contribution in [3.63, 3.8) is 0 Å². The van der Waals surface area contributed by atoms with Crippen LogP contribution in [0.2, 0.25) is 0 Å². The van der Waals surface area contributed by atoms with E-state index in [1.165, 1.54) is 19.3 Å². The lowest BCUT2D eigenvalue weighted by Crippen LogP contribution is -2.39. The molecule has 2 heterocycles. The number of hydrogen-bond acceptors (Lipinski definition) is 4. The van der Waals surface area contributed by atoms with Crippen molar-refractivity contribution in [3.8, 4) is 0 Å². The molecule has 1 aromatic heterocycles. The first kappa shape index (κ1) is 12.5. The first-order chi connectivity index (χ1) is 9.33. The molecule has 0 aromatic carbocycles. The van der Waals surface area contributed by atoms with Crippen molar-refractivity contribution in [2.45, 2.75) is 50.5 Å². The maximum Gasteiger partial charge on any atom is 0.241 e. The third-order valence-electron chi connectivity index (χ3n) is 3.76. The molecule has 1 atom stereocenters. The molecule has 3 rings (SSSR count). The van der Waals surface area contributed by atoms with Crippen molar-refractivity contribution in [1.29, 1.82) is 0 Å². The Bertz CT molecular complexity index is 433. The van der Waals surface area contributed by atoms with Gasteiger partial charge in [0.2, 0.25) is 5.91 Å². The molecule has 0 bridgehead atoms. The van der Waals surface area contributed by atoms with Crippen LogP contribution in [-0.4, -0.2) is 28.5 Å². The highest BCUT2D eigenvalue weighted by Crippen LogP contribution is 2.37. The smallest absolute Gasteiger partial charge is 0.241 e. The second-order valence-corrected chi connectivity index (χ2v) is 5.45. The lowest BCUT2D eigenvalue weighted by atomic mass is 10.1. The molecule has 5 heteroatoms. The minimum Gasteiger partial charge on any atom is -0.322 e. The Morgan fingerprint density at radius 2 is 1.95 bits per heavy atom. The molecule has 2 fully saturated rings. The highest BCUT2D eigenvalue weighted by Gasteiger charge is 2.26. The van der Waals surface area contributed by atoms with E-state index in [4.69, 9.17) is 0 Å². The number of anilines is 1. The summed E-state index contributed by atoms with van der Waals surface area (Å²) in [5, 5.41) is 6.19. The summed E-state index contributed by atoms with van der Waals surface area (Å²) in [6.07, 6.45) is 10.2. The van der Waals surface area contributed by atoms with Crippen LogP contribution in [0, 0.1) is 0 Å². The van der Waals surface area contributed by atoms with Crippen LogP contribution < -0.4 is 10.6 Å². The second-order valence-electron chi connectivity index (χ2n) is 5.45. The van der Waals surface area contributed by atoms with E-state index >= 15 is 0 Å². The zero-order valence-electron chi connectivity index (χ0n) is 11.1. The van der Waals surface area contributed by atoms with Crippen LogP contribution in [0.4, 0.5) is 5.69 Å². The van der Waals surface area contributed by atoms with Crippen LogP contribution >= 0.6 is 0 Å². The second kappa shape index (κ2) is 5.65. The first-order valence-electron chi connectivity index (χ1n) is 7.19. The number of carbonyl (C=O) groups is 1. The lowest BCUT2D eigenvalue weighted by molar-refractivity contribution is -0.118. The number of hydrogen-bond donors (Lipinski definition) is 2. The van der Waals surface area contributed by atoms with Crippen molar-refractivity contribution < 1.29 is 4.79 Å². The molecular weight excluding hydrogens is 240 g/mol. The van der Waals surface area contributed by atoms with Crippen molar-refractivity contribution in [2.75, 3.05) is 11.9 Å².